The van der Waals surface area contributed by atoms with E-state index >= 15 is 0 Å². The van der Waals surface area contributed by atoms with Crippen molar-refractivity contribution in [1.29, 1.82) is 0 Å². The van der Waals surface area contributed by atoms with Crippen molar-refractivity contribution in [2.75, 3.05) is 0 Å². The summed E-state index contributed by atoms with van der Waals surface area (Å²) in [5.41, 5.74) is 2.11. The normalized spacial score (nSPS) is 12.1. The summed E-state index contributed by atoms with van der Waals surface area (Å²) in [5.74, 6) is 0.0545. The molecule has 0 N–H and O–H groups in total. The second kappa shape index (κ2) is 5.52. The van der Waals surface area contributed by atoms with Crippen molar-refractivity contribution >= 4 is 23.5 Å². The predicted octanol–water partition coefficient (Wildman–Crippen LogP) is 3.89. The fraction of sp³-hybridized carbons (Fsp3) is 0.154. The van der Waals surface area contributed by atoms with Crippen LogP contribution in [0.4, 0.5) is 0 Å². The largest absolute Gasteiger partial charge is 0.295 e. The number of allylic oxidation sites excluding steroid dienone is 3. The first-order chi connectivity index (χ1) is 7.08. The highest BCUT2D eigenvalue weighted by molar-refractivity contribution is 6.30. The van der Waals surface area contributed by atoms with Crippen molar-refractivity contribution in [3.8, 4) is 0 Å². The van der Waals surface area contributed by atoms with Gasteiger partial charge in [-0.3, -0.25) is 4.79 Å². The topological polar surface area (TPSA) is 17.1 Å². The van der Waals surface area contributed by atoms with Crippen LogP contribution in [0.3, 0.4) is 0 Å². The lowest BCUT2D eigenvalue weighted by Crippen LogP contribution is -1.80. The summed E-state index contributed by atoms with van der Waals surface area (Å²) in [6.45, 7) is 3.49. The van der Waals surface area contributed by atoms with E-state index in [-0.39, 0.29) is 5.78 Å². The number of hydrogen-bond acceptors (Lipinski definition) is 1. The molecule has 0 saturated carbocycles. The third-order valence-corrected chi connectivity index (χ3v) is 2.10. The highest BCUT2D eigenvalue weighted by Gasteiger charge is 1.90. The molecule has 0 unspecified atom stereocenters. The first kappa shape index (κ1) is 11.7. The Morgan fingerprint density at radius 1 is 1.13 bits per heavy atom. The fourth-order valence-electron chi connectivity index (χ4n) is 1.12. The second-order valence-electron chi connectivity index (χ2n) is 3.38. The molecule has 1 nitrogen and oxygen atoms in total. The van der Waals surface area contributed by atoms with Gasteiger partial charge in [0.05, 0.1) is 0 Å². The number of benzene rings is 1. The molecular formula is C13H13ClO. The minimum absolute atomic E-state index is 0.0545. The molecule has 0 heterocycles. The van der Waals surface area contributed by atoms with Gasteiger partial charge in [-0.15, -0.1) is 0 Å². The van der Waals surface area contributed by atoms with E-state index in [0.29, 0.717) is 0 Å². The van der Waals surface area contributed by atoms with Crippen molar-refractivity contribution in [1.82, 2.24) is 0 Å². The number of halogens is 1. The molecule has 0 bridgehead atoms. The SMILES string of the molecule is CC(=O)/C=C/C(C)=C/c1ccc(Cl)cc1. The monoisotopic (exact) mass is 220 g/mol. The molecule has 0 fully saturated rings. The molecule has 0 radical (unpaired) electrons. The van der Waals surface area contributed by atoms with Gasteiger partial charge in [0.2, 0.25) is 0 Å². The number of carbonyl (C=O) groups excluding carboxylic acids is 1. The summed E-state index contributed by atoms with van der Waals surface area (Å²) in [6, 6.07) is 7.56. The molecule has 1 rings (SSSR count). The molecule has 0 amide bonds. The highest BCUT2D eigenvalue weighted by atomic mass is 35.5. The van der Waals surface area contributed by atoms with E-state index in [1.54, 1.807) is 12.2 Å². The van der Waals surface area contributed by atoms with Crippen LogP contribution in [-0.2, 0) is 4.79 Å². The van der Waals surface area contributed by atoms with Gasteiger partial charge in [0, 0.05) is 5.02 Å². The molecule has 1 aromatic carbocycles. The third-order valence-electron chi connectivity index (χ3n) is 1.85. The standard InChI is InChI=1S/C13H13ClO/c1-10(3-4-11(2)15)9-12-5-7-13(14)8-6-12/h3-9H,1-2H3/b4-3+,10-9+. The van der Waals surface area contributed by atoms with Crippen molar-refractivity contribution in [3.63, 3.8) is 0 Å². The van der Waals surface area contributed by atoms with Crippen LogP contribution in [0, 0.1) is 0 Å². The molecule has 0 saturated heterocycles. The van der Waals surface area contributed by atoms with E-state index in [1.807, 2.05) is 37.3 Å². The van der Waals surface area contributed by atoms with Crippen molar-refractivity contribution in [2.45, 2.75) is 13.8 Å². The summed E-state index contributed by atoms with van der Waals surface area (Å²) in [5, 5.41) is 0.726. The summed E-state index contributed by atoms with van der Waals surface area (Å²) >= 11 is 5.77. The van der Waals surface area contributed by atoms with Crippen LogP contribution in [0.5, 0.6) is 0 Å². The summed E-state index contributed by atoms with van der Waals surface area (Å²) < 4.78 is 0. The van der Waals surface area contributed by atoms with E-state index in [1.165, 1.54) is 6.92 Å². The predicted molar refractivity (Wildman–Crippen MR) is 64.9 cm³/mol. The maximum Gasteiger partial charge on any atom is 0.152 e. The first-order valence-corrected chi connectivity index (χ1v) is 5.08. The van der Waals surface area contributed by atoms with Gasteiger partial charge in [0.25, 0.3) is 0 Å². The number of ketones is 1. The van der Waals surface area contributed by atoms with Gasteiger partial charge in [-0.1, -0.05) is 41.5 Å². The molecule has 0 aliphatic heterocycles. The average Bonchev–Trinajstić information content (AvgIpc) is 2.19. The Hall–Kier alpha value is -1.34. The molecule has 0 aromatic heterocycles. The lowest BCUT2D eigenvalue weighted by molar-refractivity contribution is -0.112. The molecule has 1 aromatic rings. The molecule has 0 spiro atoms. The highest BCUT2D eigenvalue weighted by Crippen LogP contribution is 2.12. The van der Waals surface area contributed by atoms with Crippen LogP contribution < -0.4 is 0 Å². The van der Waals surface area contributed by atoms with E-state index in [9.17, 15) is 4.79 Å². The smallest absolute Gasteiger partial charge is 0.152 e. The molecule has 2 heteroatoms. The maximum atomic E-state index is 10.7. The average molecular weight is 221 g/mol. The number of rotatable bonds is 3. The van der Waals surface area contributed by atoms with Gasteiger partial charge in [-0.25, -0.2) is 0 Å². The van der Waals surface area contributed by atoms with Crippen molar-refractivity contribution in [2.24, 2.45) is 0 Å². The zero-order valence-corrected chi connectivity index (χ0v) is 9.58. The Morgan fingerprint density at radius 3 is 2.27 bits per heavy atom. The van der Waals surface area contributed by atoms with E-state index in [2.05, 4.69) is 0 Å². The van der Waals surface area contributed by atoms with E-state index < -0.39 is 0 Å². The fourth-order valence-corrected chi connectivity index (χ4v) is 1.24. The molecule has 0 atom stereocenters. The Labute approximate surface area is 95.1 Å². The van der Waals surface area contributed by atoms with Crippen LogP contribution in [0.25, 0.3) is 6.08 Å². The van der Waals surface area contributed by atoms with Crippen LogP contribution in [0.2, 0.25) is 5.02 Å². The van der Waals surface area contributed by atoms with Crippen molar-refractivity contribution in [3.05, 3.63) is 52.6 Å². The zero-order chi connectivity index (χ0) is 11.3. The summed E-state index contributed by atoms with van der Waals surface area (Å²) in [7, 11) is 0. The van der Waals surface area contributed by atoms with Gasteiger partial charge < -0.3 is 0 Å². The quantitative estimate of drug-likeness (QED) is 0.558. The Bertz CT molecular complexity index is 399. The second-order valence-corrected chi connectivity index (χ2v) is 3.82. The number of hydrogen-bond donors (Lipinski definition) is 0. The lowest BCUT2D eigenvalue weighted by atomic mass is 10.1. The molecule has 0 aliphatic carbocycles. The van der Waals surface area contributed by atoms with Crippen molar-refractivity contribution < 1.29 is 4.79 Å². The van der Waals surface area contributed by atoms with Gasteiger partial charge in [-0.05, 0) is 37.6 Å². The van der Waals surface area contributed by atoms with E-state index in [4.69, 9.17) is 11.6 Å². The number of carbonyl (C=O) groups is 1. The van der Waals surface area contributed by atoms with Crippen LogP contribution >= 0.6 is 11.6 Å². The van der Waals surface area contributed by atoms with Gasteiger partial charge >= 0.3 is 0 Å². The van der Waals surface area contributed by atoms with Gasteiger partial charge in [0.1, 0.15) is 0 Å². The maximum absolute atomic E-state index is 10.7. The minimum atomic E-state index is 0.0545. The molecule has 15 heavy (non-hydrogen) atoms. The molecular weight excluding hydrogens is 208 g/mol. The minimum Gasteiger partial charge on any atom is -0.295 e. The lowest BCUT2D eigenvalue weighted by Gasteiger charge is -1.95. The molecule has 78 valence electrons. The first-order valence-electron chi connectivity index (χ1n) is 4.70. The van der Waals surface area contributed by atoms with Crippen LogP contribution in [0.15, 0.2) is 42.0 Å². The Kier molecular flexibility index (Phi) is 4.32. The molecule has 0 aliphatic rings. The van der Waals surface area contributed by atoms with E-state index in [0.717, 1.165) is 16.2 Å². The van der Waals surface area contributed by atoms with Gasteiger partial charge in [-0.2, -0.15) is 0 Å². The Morgan fingerprint density at radius 2 is 1.73 bits per heavy atom. The van der Waals surface area contributed by atoms with Gasteiger partial charge in [0.15, 0.2) is 5.78 Å². The Balaban J connectivity index is 2.78. The third kappa shape index (κ3) is 4.61. The zero-order valence-electron chi connectivity index (χ0n) is 8.83. The van der Waals surface area contributed by atoms with Crippen LogP contribution in [-0.4, -0.2) is 5.78 Å². The summed E-state index contributed by atoms with van der Waals surface area (Å²) in [6.07, 6.45) is 5.36. The summed E-state index contributed by atoms with van der Waals surface area (Å²) in [4.78, 5) is 10.7. The van der Waals surface area contributed by atoms with Crippen LogP contribution in [0.1, 0.15) is 19.4 Å².